The number of nitrogens with zero attached hydrogens (tertiary/aromatic N) is 1. The van der Waals surface area contributed by atoms with Crippen LogP contribution in [0.25, 0.3) is 0 Å². The highest BCUT2D eigenvalue weighted by Gasteiger charge is 1.91. The molecule has 0 rings (SSSR count). The van der Waals surface area contributed by atoms with E-state index in [-0.39, 0.29) is 0 Å². The van der Waals surface area contributed by atoms with Gasteiger partial charge >= 0.3 is 0 Å². The van der Waals surface area contributed by atoms with Crippen LogP contribution in [-0.4, -0.2) is 5.96 Å². The average molecular weight is 177 g/mol. The Kier molecular flexibility index (Phi) is 5.03. The number of allylic oxidation sites excluding steroid dienone is 4. The molecule has 0 aliphatic heterocycles. The molecule has 70 valence electrons. The van der Waals surface area contributed by atoms with Gasteiger partial charge in [-0.05, 0) is 19.1 Å². The lowest BCUT2D eigenvalue weighted by Gasteiger charge is -2.03. The third kappa shape index (κ3) is 5.49. The Balaban J connectivity index is 4.29. The van der Waals surface area contributed by atoms with E-state index in [1.54, 1.807) is 12.2 Å². The molecular formula is C10H15N3. The van der Waals surface area contributed by atoms with Gasteiger partial charge in [0.1, 0.15) is 0 Å². The Bertz CT molecular complexity index is 272. The molecule has 0 aromatic carbocycles. The van der Waals surface area contributed by atoms with Crippen LogP contribution >= 0.6 is 0 Å². The standard InChI is InChI=1S/C10H15N3/c1-5-7-9(4)13-10(11)12-8(3)6-2/h5-7H,1-3H2,4H3,(H3,11,12,13)/b9-7+. The largest absolute Gasteiger partial charge is 0.369 e. The normalized spacial score (nSPS) is 12.1. The fourth-order valence-electron chi connectivity index (χ4n) is 0.649. The zero-order valence-corrected chi connectivity index (χ0v) is 7.88. The monoisotopic (exact) mass is 177 g/mol. The maximum atomic E-state index is 5.54. The van der Waals surface area contributed by atoms with Crippen molar-refractivity contribution in [3.63, 3.8) is 0 Å². The van der Waals surface area contributed by atoms with Gasteiger partial charge in [0.2, 0.25) is 0 Å². The van der Waals surface area contributed by atoms with Crippen LogP contribution in [0.3, 0.4) is 0 Å². The second kappa shape index (κ2) is 5.83. The predicted molar refractivity (Wildman–Crippen MR) is 58.0 cm³/mol. The molecular weight excluding hydrogens is 162 g/mol. The lowest BCUT2D eigenvalue weighted by Crippen LogP contribution is -2.29. The van der Waals surface area contributed by atoms with E-state index in [4.69, 9.17) is 5.73 Å². The number of hydrogen-bond donors (Lipinski definition) is 2. The van der Waals surface area contributed by atoms with E-state index in [1.807, 2.05) is 6.92 Å². The number of guanidine groups is 1. The lowest BCUT2D eigenvalue weighted by molar-refractivity contribution is 1.08. The van der Waals surface area contributed by atoms with Crippen molar-refractivity contribution in [2.75, 3.05) is 0 Å². The van der Waals surface area contributed by atoms with Gasteiger partial charge in [-0.1, -0.05) is 25.8 Å². The average Bonchev–Trinajstić information content (AvgIpc) is 2.04. The zero-order valence-electron chi connectivity index (χ0n) is 7.88. The molecule has 0 aromatic heterocycles. The van der Waals surface area contributed by atoms with Crippen LogP contribution in [0.2, 0.25) is 0 Å². The molecule has 0 saturated heterocycles. The van der Waals surface area contributed by atoms with Crippen molar-refractivity contribution in [3.05, 3.63) is 49.4 Å². The molecule has 0 bridgehead atoms. The SMILES string of the molecule is C=C/C=C(\C)NC(N)=NC(=C)C=C. The molecule has 0 aromatic rings. The Morgan fingerprint density at radius 1 is 1.46 bits per heavy atom. The van der Waals surface area contributed by atoms with Crippen molar-refractivity contribution < 1.29 is 0 Å². The zero-order chi connectivity index (χ0) is 10.3. The van der Waals surface area contributed by atoms with Crippen molar-refractivity contribution >= 4 is 5.96 Å². The molecule has 13 heavy (non-hydrogen) atoms. The minimum Gasteiger partial charge on any atom is -0.369 e. The summed E-state index contributed by atoms with van der Waals surface area (Å²) in [5.74, 6) is 0.292. The summed E-state index contributed by atoms with van der Waals surface area (Å²) in [7, 11) is 0. The van der Waals surface area contributed by atoms with Gasteiger partial charge in [-0.2, -0.15) is 0 Å². The highest BCUT2D eigenvalue weighted by Crippen LogP contribution is 1.92. The smallest absolute Gasteiger partial charge is 0.198 e. The van der Waals surface area contributed by atoms with Crippen molar-refractivity contribution in [1.82, 2.24) is 5.32 Å². The third-order valence-corrected chi connectivity index (χ3v) is 1.19. The molecule has 0 amide bonds. The van der Waals surface area contributed by atoms with Crippen LogP contribution in [-0.2, 0) is 0 Å². The van der Waals surface area contributed by atoms with Crippen molar-refractivity contribution in [3.8, 4) is 0 Å². The van der Waals surface area contributed by atoms with Crippen LogP contribution in [0, 0.1) is 0 Å². The van der Waals surface area contributed by atoms with Crippen molar-refractivity contribution in [1.29, 1.82) is 0 Å². The van der Waals surface area contributed by atoms with Gasteiger partial charge in [-0.3, -0.25) is 0 Å². The van der Waals surface area contributed by atoms with E-state index in [1.165, 1.54) is 6.08 Å². The molecule has 0 saturated carbocycles. The van der Waals surface area contributed by atoms with Crippen LogP contribution < -0.4 is 11.1 Å². The molecule has 0 spiro atoms. The number of nitrogens with one attached hydrogen (secondary N) is 1. The van der Waals surface area contributed by atoms with Gasteiger partial charge in [0, 0.05) is 5.70 Å². The van der Waals surface area contributed by atoms with Crippen LogP contribution in [0.5, 0.6) is 0 Å². The molecule has 0 aliphatic rings. The minimum absolute atomic E-state index is 0.292. The Hall–Kier alpha value is -1.77. The topological polar surface area (TPSA) is 50.4 Å². The first-order valence-electron chi connectivity index (χ1n) is 3.82. The summed E-state index contributed by atoms with van der Waals surface area (Å²) in [6.45, 7) is 12.5. The fraction of sp³-hybridized carbons (Fsp3) is 0.100. The van der Waals surface area contributed by atoms with Gasteiger partial charge in [0.25, 0.3) is 0 Å². The first-order valence-corrected chi connectivity index (χ1v) is 3.82. The molecule has 0 fully saturated rings. The molecule has 0 atom stereocenters. The Morgan fingerprint density at radius 2 is 2.08 bits per heavy atom. The summed E-state index contributed by atoms with van der Waals surface area (Å²) in [6.07, 6.45) is 4.98. The van der Waals surface area contributed by atoms with E-state index in [9.17, 15) is 0 Å². The quantitative estimate of drug-likeness (QED) is 0.390. The van der Waals surface area contributed by atoms with Gasteiger partial charge in [0.15, 0.2) is 5.96 Å². The summed E-state index contributed by atoms with van der Waals surface area (Å²) >= 11 is 0. The summed E-state index contributed by atoms with van der Waals surface area (Å²) in [6, 6.07) is 0. The van der Waals surface area contributed by atoms with Crippen LogP contribution in [0.1, 0.15) is 6.92 Å². The fourth-order valence-corrected chi connectivity index (χ4v) is 0.649. The first-order chi connectivity index (χ1) is 6.10. The Labute approximate surface area is 79.1 Å². The van der Waals surface area contributed by atoms with E-state index in [2.05, 4.69) is 30.0 Å². The van der Waals surface area contributed by atoms with Crippen LogP contribution in [0.4, 0.5) is 0 Å². The maximum absolute atomic E-state index is 5.54. The van der Waals surface area contributed by atoms with E-state index in [0.29, 0.717) is 11.7 Å². The van der Waals surface area contributed by atoms with E-state index >= 15 is 0 Å². The Morgan fingerprint density at radius 3 is 2.54 bits per heavy atom. The molecule has 3 heteroatoms. The first kappa shape index (κ1) is 11.2. The third-order valence-electron chi connectivity index (χ3n) is 1.19. The van der Waals surface area contributed by atoms with Gasteiger partial charge in [0.05, 0.1) is 5.70 Å². The highest BCUT2D eigenvalue weighted by molar-refractivity contribution is 5.80. The lowest BCUT2D eigenvalue weighted by atomic mass is 10.4. The predicted octanol–water partition coefficient (Wildman–Crippen LogP) is 1.68. The molecule has 0 heterocycles. The molecule has 3 nitrogen and oxygen atoms in total. The van der Waals surface area contributed by atoms with Gasteiger partial charge in [-0.15, -0.1) is 0 Å². The number of rotatable bonds is 4. The summed E-state index contributed by atoms with van der Waals surface area (Å²) in [4.78, 5) is 3.91. The maximum Gasteiger partial charge on any atom is 0.198 e. The summed E-state index contributed by atoms with van der Waals surface area (Å²) in [5, 5.41) is 2.86. The number of hydrogen-bond acceptors (Lipinski definition) is 1. The van der Waals surface area contributed by atoms with Crippen molar-refractivity contribution in [2.24, 2.45) is 10.7 Å². The minimum atomic E-state index is 0.292. The molecule has 3 N–H and O–H groups in total. The van der Waals surface area contributed by atoms with Crippen LogP contribution in [0.15, 0.2) is 54.4 Å². The van der Waals surface area contributed by atoms with Gasteiger partial charge < -0.3 is 11.1 Å². The number of nitrogens with two attached hydrogens (primary N) is 1. The van der Waals surface area contributed by atoms with E-state index in [0.717, 1.165) is 5.70 Å². The molecule has 0 unspecified atom stereocenters. The second-order valence-corrected chi connectivity index (χ2v) is 2.40. The summed E-state index contributed by atoms with van der Waals surface area (Å²) in [5.41, 5.74) is 6.93. The second-order valence-electron chi connectivity index (χ2n) is 2.40. The van der Waals surface area contributed by atoms with E-state index < -0.39 is 0 Å². The van der Waals surface area contributed by atoms with Gasteiger partial charge in [-0.25, -0.2) is 4.99 Å². The molecule has 0 aliphatic carbocycles. The highest BCUT2D eigenvalue weighted by atomic mass is 15.1. The van der Waals surface area contributed by atoms with Crippen molar-refractivity contribution in [2.45, 2.75) is 6.92 Å². The number of aliphatic imine (C=N–C) groups is 1. The summed E-state index contributed by atoms with van der Waals surface area (Å²) < 4.78 is 0. The molecule has 0 radical (unpaired) electrons.